The number of likely N-dealkylation sites (tertiary alicyclic amines) is 1. The molecule has 2 heterocycles. The molecule has 1 aromatic heterocycles. The average molecular weight is 342 g/mol. The summed E-state index contributed by atoms with van der Waals surface area (Å²) in [5.41, 5.74) is 1.03. The van der Waals surface area contributed by atoms with Crippen LogP contribution < -0.4 is 5.32 Å². The summed E-state index contributed by atoms with van der Waals surface area (Å²) in [4.78, 5) is 6.87. The summed E-state index contributed by atoms with van der Waals surface area (Å²) in [5.74, 6) is 1.18. The Labute approximate surface area is 127 Å². The summed E-state index contributed by atoms with van der Waals surface area (Å²) in [6.07, 6.45) is 4.64. The smallest absolute Gasteiger partial charge is 0.243 e. The Bertz CT molecular complexity index is 466. The van der Waals surface area contributed by atoms with Crippen LogP contribution in [0.5, 0.6) is 0 Å². The van der Waals surface area contributed by atoms with Gasteiger partial charge >= 0.3 is 0 Å². The summed E-state index contributed by atoms with van der Waals surface area (Å²) >= 11 is 3.43. The highest BCUT2D eigenvalue weighted by Gasteiger charge is 2.29. The molecule has 6 nitrogen and oxygen atoms in total. The number of piperidine rings is 1. The maximum atomic E-state index is 9.03. The summed E-state index contributed by atoms with van der Waals surface area (Å²) in [7, 11) is 0. The summed E-state index contributed by atoms with van der Waals surface area (Å²) < 4.78 is 0.774. The van der Waals surface area contributed by atoms with Gasteiger partial charge in [0.25, 0.3) is 0 Å². The molecule has 0 spiro atoms. The molecule has 0 bridgehead atoms. The van der Waals surface area contributed by atoms with Crippen LogP contribution in [0.25, 0.3) is 0 Å². The van der Waals surface area contributed by atoms with Crippen molar-refractivity contribution in [3.05, 3.63) is 10.3 Å². The van der Waals surface area contributed by atoms with Gasteiger partial charge in [-0.25, -0.2) is 4.98 Å². The molecule has 1 saturated heterocycles. The molecule has 0 aromatic carbocycles. The van der Waals surface area contributed by atoms with E-state index in [2.05, 4.69) is 41.3 Å². The van der Waals surface area contributed by atoms with Gasteiger partial charge in [-0.1, -0.05) is 0 Å². The second-order valence-corrected chi connectivity index (χ2v) is 6.34. The lowest BCUT2D eigenvalue weighted by Crippen LogP contribution is -2.43. The second-order valence-electron chi connectivity index (χ2n) is 5.59. The zero-order valence-electron chi connectivity index (χ0n) is 11.4. The van der Waals surface area contributed by atoms with Crippen molar-refractivity contribution >= 4 is 21.9 Å². The van der Waals surface area contributed by atoms with Crippen LogP contribution in [0, 0.1) is 0 Å². The average Bonchev–Trinajstić information content (AvgIpc) is 3.26. The van der Waals surface area contributed by atoms with Crippen molar-refractivity contribution in [2.45, 2.75) is 37.6 Å². The van der Waals surface area contributed by atoms with Crippen molar-refractivity contribution in [3.8, 4) is 0 Å². The van der Waals surface area contributed by atoms with Crippen LogP contribution in [0.2, 0.25) is 0 Å². The standard InChI is InChI=1S/C13H20BrN5O/c14-12-11(9-3-4-9)16-13(18-17-12)15-10-2-1-5-19(8-10)6-7-20/h9-10,20H,1-8H2,(H,15,16,18)/t10-/m1/s1. The Morgan fingerprint density at radius 2 is 2.15 bits per heavy atom. The monoisotopic (exact) mass is 341 g/mol. The molecule has 7 heteroatoms. The molecule has 20 heavy (non-hydrogen) atoms. The number of rotatable bonds is 5. The molecule has 1 saturated carbocycles. The quantitative estimate of drug-likeness (QED) is 0.842. The Morgan fingerprint density at radius 1 is 1.30 bits per heavy atom. The van der Waals surface area contributed by atoms with Crippen molar-refractivity contribution < 1.29 is 5.11 Å². The number of aromatic nitrogens is 3. The van der Waals surface area contributed by atoms with E-state index in [1.54, 1.807) is 0 Å². The molecular formula is C13H20BrN5O. The van der Waals surface area contributed by atoms with Gasteiger partial charge in [0.2, 0.25) is 5.95 Å². The molecule has 2 fully saturated rings. The Hall–Kier alpha value is -0.790. The van der Waals surface area contributed by atoms with E-state index in [0.29, 0.717) is 17.9 Å². The van der Waals surface area contributed by atoms with Gasteiger partial charge in [-0.2, -0.15) is 0 Å². The first-order valence-corrected chi connectivity index (χ1v) is 8.05. The van der Waals surface area contributed by atoms with Gasteiger partial charge in [-0.15, -0.1) is 10.2 Å². The van der Waals surface area contributed by atoms with E-state index < -0.39 is 0 Å². The van der Waals surface area contributed by atoms with Crippen LogP contribution >= 0.6 is 15.9 Å². The number of β-amino-alcohol motifs (C(OH)–C–C–N with tert-alkyl or cyclic N) is 1. The van der Waals surface area contributed by atoms with E-state index in [-0.39, 0.29) is 6.61 Å². The minimum Gasteiger partial charge on any atom is -0.395 e. The van der Waals surface area contributed by atoms with Crippen LogP contribution in [-0.4, -0.2) is 57.5 Å². The molecule has 2 N–H and O–H groups in total. The largest absolute Gasteiger partial charge is 0.395 e. The number of nitrogens with one attached hydrogen (secondary N) is 1. The molecule has 0 unspecified atom stereocenters. The third kappa shape index (κ3) is 3.45. The fourth-order valence-corrected chi connectivity index (χ4v) is 3.19. The van der Waals surface area contributed by atoms with Gasteiger partial charge in [0.05, 0.1) is 12.3 Å². The van der Waals surface area contributed by atoms with Crippen molar-refractivity contribution in [3.63, 3.8) is 0 Å². The van der Waals surface area contributed by atoms with Crippen LogP contribution in [-0.2, 0) is 0 Å². The highest BCUT2D eigenvalue weighted by Crippen LogP contribution is 2.41. The van der Waals surface area contributed by atoms with E-state index in [0.717, 1.165) is 42.8 Å². The lowest BCUT2D eigenvalue weighted by molar-refractivity contribution is 0.166. The maximum absolute atomic E-state index is 9.03. The zero-order chi connectivity index (χ0) is 13.9. The first kappa shape index (κ1) is 14.2. The molecule has 1 atom stereocenters. The van der Waals surface area contributed by atoms with E-state index in [1.807, 2.05) is 0 Å². The van der Waals surface area contributed by atoms with E-state index in [9.17, 15) is 0 Å². The van der Waals surface area contributed by atoms with Crippen LogP contribution in [0.15, 0.2) is 4.60 Å². The highest BCUT2D eigenvalue weighted by molar-refractivity contribution is 9.10. The van der Waals surface area contributed by atoms with Crippen molar-refractivity contribution in [1.29, 1.82) is 0 Å². The molecule has 3 rings (SSSR count). The lowest BCUT2D eigenvalue weighted by atomic mass is 10.1. The number of anilines is 1. The van der Waals surface area contributed by atoms with Crippen LogP contribution in [0.1, 0.15) is 37.3 Å². The van der Waals surface area contributed by atoms with Gasteiger partial charge in [-0.05, 0) is 48.2 Å². The maximum Gasteiger partial charge on any atom is 0.243 e. The fraction of sp³-hybridized carbons (Fsp3) is 0.769. The molecule has 2 aliphatic rings. The fourth-order valence-electron chi connectivity index (χ4n) is 2.70. The summed E-state index contributed by atoms with van der Waals surface area (Å²) in [5, 5.41) is 20.7. The Morgan fingerprint density at radius 3 is 2.90 bits per heavy atom. The van der Waals surface area contributed by atoms with E-state index in [4.69, 9.17) is 5.11 Å². The minimum absolute atomic E-state index is 0.217. The molecule has 1 aromatic rings. The predicted molar refractivity (Wildman–Crippen MR) is 79.7 cm³/mol. The van der Waals surface area contributed by atoms with Crippen molar-refractivity contribution in [1.82, 2.24) is 20.1 Å². The summed E-state index contributed by atoms with van der Waals surface area (Å²) in [6, 6.07) is 0.338. The lowest BCUT2D eigenvalue weighted by Gasteiger charge is -2.32. The van der Waals surface area contributed by atoms with Crippen LogP contribution in [0.3, 0.4) is 0 Å². The number of aliphatic hydroxyl groups is 1. The van der Waals surface area contributed by atoms with Gasteiger partial charge in [0.1, 0.15) is 0 Å². The minimum atomic E-state index is 0.217. The normalized spacial score (nSPS) is 23.8. The van der Waals surface area contributed by atoms with E-state index >= 15 is 0 Å². The van der Waals surface area contributed by atoms with Crippen LogP contribution in [0.4, 0.5) is 5.95 Å². The second kappa shape index (κ2) is 6.32. The SMILES string of the molecule is OCCN1CCC[C@@H](Nc2nnc(Br)c(C3CC3)n2)C1. The van der Waals surface area contributed by atoms with Gasteiger partial charge in [0.15, 0.2) is 4.60 Å². The third-order valence-corrected chi connectivity index (χ3v) is 4.45. The topological polar surface area (TPSA) is 74.2 Å². The Balaban J connectivity index is 1.63. The molecule has 0 radical (unpaired) electrons. The molecular weight excluding hydrogens is 322 g/mol. The molecule has 1 aliphatic carbocycles. The predicted octanol–water partition coefficient (Wildman–Crippen LogP) is 1.38. The molecule has 110 valence electrons. The zero-order valence-corrected chi connectivity index (χ0v) is 13.0. The first-order chi connectivity index (χ1) is 9.76. The van der Waals surface area contributed by atoms with Crippen molar-refractivity contribution in [2.75, 3.05) is 31.6 Å². The van der Waals surface area contributed by atoms with Gasteiger partial charge in [0, 0.05) is 25.0 Å². The number of aliphatic hydroxyl groups excluding tert-OH is 1. The number of hydrogen-bond donors (Lipinski definition) is 2. The number of hydrogen-bond acceptors (Lipinski definition) is 6. The Kier molecular flexibility index (Phi) is 4.48. The highest BCUT2D eigenvalue weighted by atomic mass is 79.9. The third-order valence-electron chi connectivity index (χ3n) is 3.89. The molecule has 1 aliphatic heterocycles. The number of nitrogens with zero attached hydrogens (tertiary/aromatic N) is 4. The molecule has 0 amide bonds. The van der Waals surface area contributed by atoms with Gasteiger partial charge < -0.3 is 10.4 Å². The van der Waals surface area contributed by atoms with Crippen molar-refractivity contribution in [2.24, 2.45) is 0 Å². The number of halogens is 1. The first-order valence-electron chi connectivity index (χ1n) is 7.26. The van der Waals surface area contributed by atoms with E-state index in [1.165, 1.54) is 12.8 Å². The van der Waals surface area contributed by atoms with Gasteiger partial charge in [-0.3, -0.25) is 4.90 Å². The summed E-state index contributed by atoms with van der Waals surface area (Å²) in [6.45, 7) is 2.95.